The number of nitro groups is 1. The number of aliphatic carboxylic acids is 1. The molecule has 0 fully saturated rings. The molecule has 4 aromatic rings. The molecule has 0 aliphatic heterocycles. The fraction of sp³-hybridized carbons (Fsp3) is 0.0952. The number of hydrogen-bond acceptors (Lipinski definition) is 7. The van der Waals surface area contributed by atoms with Crippen molar-refractivity contribution in [1.29, 1.82) is 0 Å². The lowest BCUT2D eigenvalue weighted by atomic mass is 10.1. The minimum absolute atomic E-state index is 0.0688. The number of hydrogen-bond donors (Lipinski definition) is 1. The molecule has 8 nitrogen and oxygen atoms in total. The number of thiazole rings is 1. The van der Waals surface area contributed by atoms with Crippen LogP contribution in [-0.4, -0.2) is 30.5 Å². The summed E-state index contributed by atoms with van der Waals surface area (Å²) in [5.74, 6) is -0.998. The van der Waals surface area contributed by atoms with Gasteiger partial charge in [-0.1, -0.05) is 18.2 Å². The van der Waals surface area contributed by atoms with Gasteiger partial charge in [0, 0.05) is 25.5 Å². The van der Waals surface area contributed by atoms with E-state index in [1.165, 1.54) is 29.2 Å². The Kier molecular flexibility index (Phi) is 5.83. The summed E-state index contributed by atoms with van der Waals surface area (Å²) in [4.78, 5) is 31.9. The molecule has 1 N–H and O–H groups in total. The Labute approximate surface area is 185 Å². The quantitative estimate of drug-likeness (QED) is 0.306. The largest absolute Gasteiger partial charge is 0.481 e. The van der Waals surface area contributed by atoms with Crippen LogP contribution in [0.3, 0.4) is 0 Å². The molecule has 10 heteroatoms. The number of carbonyl (C=O) groups is 1. The summed E-state index contributed by atoms with van der Waals surface area (Å²) in [6.07, 6.45) is 4.80. The highest BCUT2D eigenvalue weighted by Crippen LogP contribution is 2.36. The van der Waals surface area contributed by atoms with Gasteiger partial charge in [-0.15, -0.1) is 11.3 Å². The fourth-order valence-electron chi connectivity index (χ4n) is 2.96. The van der Waals surface area contributed by atoms with Gasteiger partial charge in [0.15, 0.2) is 5.16 Å². The smallest absolute Gasteiger partial charge is 0.307 e. The second kappa shape index (κ2) is 8.70. The summed E-state index contributed by atoms with van der Waals surface area (Å²) in [6.45, 7) is 0. The highest BCUT2D eigenvalue weighted by Gasteiger charge is 2.18. The Balaban J connectivity index is 1.74. The number of nitrogens with zero attached hydrogens (tertiary/aromatic N) is 4. The lowest BCUT2D eigenvalue weighted by molar-refractivity contribution is -0.387. The monoisotopic (exact) mass is 452 g/mol. The molecule has 0 aliphatic carbocycles. The van der Waals surface area contributed by atoms with Crippen molar-refractivity contribution >= 4 is 56.6 Å². The SMILES string of the molecule is Cn1ccnc1Sc1ccc(C=C(CC(=O)O)c2nc3ccccc3s2)cc1[N+](=O)[O-]. The summed E-state index contributed by atoms with van der Waals surface area (Å²) in [5, 5.41) is 22.3. The minimum atomic E-state index is -0.998. The zero-order valence-electron chi connectivity index (χ0n) is 16.3. The number of rotatable bonds is 7. The topological polar surface area (TPSA) is 111 Å². The van der Waals surface area contributed by atoms with Gasteiger partial charge in [-0.05, 0) is 47.2 Å². The number of carboxylic acids is 1. The van der Waals surface area contributed by atoms with Crippen LogP contribution in [0.15, 0.2) is 64.9 Å². The third kappa shape index (κ3) is 4.65. The van der Waals surface area contributed by atoms with E-state index in [1.54, 1.807) is 35.2 Å². The van der Waals surface area contributed by atoms with Gasteiger partial charge in [0.05, 0.1) is 26.5 Å². The molecule has 0 unspecified atom stereocenters. The van der Waals surface area contributed by atoms with E-state index in [1.807, 2.05) is 31.3 Å². The predicted molar refractivity (Wildman–Crippen MR) is 120 cm³/mol. The van der Waals surface area contributed by atoms with Crippen molar-refractivity contribution in [3.63, 3.8) is 0 Å². The predicted octanol–water partition coefficient (Wildman–Crippen LogP) is 5.10. The molecular formula is C21H16N4O4S2. The summed E-state index contributed by atoms with van der Waals surface area (Å²) >= 11 is 2.59. The van der Waals surface area contributed by atoms with E-state index in [9.17, 15) is 20.0 Å². The maximum absolute atomic E-state index is 11.7. The number of aromatic nitrogens is 3. The Hall–Kier alpha value is -3.50. The van der Waals surface area contributed by atoms with Crippen molar-refractivity contribution in [1.82, 2.24) is 14.5 Å². The first-order valence-corrected chi connectivity index (χ1v) is 10.8. The number of para-hydroxylation sites is 1. The van der Waals surface area contributed by atoms with Crippen molar-refractivity contribution in [2.24, 2.45) is 7.05 Å². The number of carboxylic acid groups (broad SMARTS) is 1. The summed E-state index contributed by atoms with van der Waals surface area (Å²) < 4.78 is 2.72. The minimum Gasteiger partial charge on any atom is -0.481 e. The third-order valence-electron chi connectivity index (χ3n) is 4.41. The Morgan fingerprint density at radius 1 is 1.32 bits per heavy atom. The lowest BCUT2D eigenvalue weighted by Gasteiger charge is -2.06. The fourth-order valence-corrected chi connectivity index (χ4v) is 4.83. The number of imidazole rings is 1. The van der Waals surface area contributed by atoms with E-state index >= 15 is 0 Å². The van der Waals surface area contributed by atoms with Crippen LogP contribution in [0.4, 0.5) is 5.69 Å². The van der Waals surface area contributed by atoms with Crippen LogP contribution in [0.5, 0.6) is 0 Å². The van der Waals surface area contributed by atoms with E-state index in [0.717, 1.165) is 10.2 Å². The van der Waals surface area contributed by atoms with Gasteiger partial charge in [0.25, 0.3) is 5.69 Å². The van der Waals surface area contributed by atoms with Gasteiger partial charge >= 0.3 is 5.97 Å². The Morgan fingerprint density at radius 2 is 2.13 bits per heavy atom. The van der Waals surface area contributed by atoms with Crippen molar-refractivity contribution in [3.8, 4) is 0 Å². The summed E-state index contributed by atoms with van der Waals surface area (Å²) in [6, 6.07) is 12.4. The van der Waals surface area contributed by atoms with Crippen molar-refractivity contribution in [2.45, 2.75) is 16.5 Å². The van der Waals surface area contributed by atoms with Gasteiger partial charge < -0.3 is 9.67 Å². The maximum Gasteiger partial charge on any atom is 0.307 e. The molecule has 0 saturated carbocycles. The van der Waals surface area contributed by atoms with Crippen LogP contribution < -0.4 is 0 Å². The first-order valence-electron chi connectivity index (χ1n) is 9.12. The van der Waals surface area contributed by atoms with Gasteiger partial charge in [-0.2, -0.15) is 0 Å². The number of aryl methyl sites for hydroxylation is 1. The zero-order chi connectivity index (χ0) is 22.0. The average molecular weight is 453 g/mol. The number of nitro benzene ring substituents is 1. The molecule has 0 radical (unpaired) electrons. The molecule has 2 aromatic carbocycles. The second-order valence-corrected chi connectivity index (χ2v) is 8.67. The third-order valence-corrected chi connectivity index (χ3v) is 6.66. The molecule has 156 valence electrons. The molecule has 0 atom stereocenters. The standard InChI is InChI=1S/C21H16N4O4S2/c1-24-9-8-22-21(24)31-18-7-6-13(11-16(18)25(28)29)10-14(12-19(26)27)20-23-15-4-2-3-5-17(15)30-20/h2-11H,12H2,1H3,(H,26,27). The first kappa shape index (κ1) is 20.8. The van der Waals surface area contributed by atoms with Crippen LogP contribution in [-0.2, 0) is 11.8 Å². The summed E-state index contributed by atoms with van der Waals surface area (Å²) in [5.41, 5.74) is 1.74. The highest BCUT2D eigenvalue weighted by molar-refractivity contribution is 7.99. The normalized spacial score (nSPS) is 11.7. The maximum atomic E-state index is 11.7. The van der Waals surface area contributed by atoms with E-state index in [2.05, 4.69) is 9.97 Å². The molecule has 0 bridgehead atoms. The van der Waals surface area contributed by atoms with Crippen molar-refractivity contribution in [3.05, 3.63) is 75.5 Å². The molecule has 2 aromatic heterocycles. The number of fused-ring (bicyclic) bond motifs is 1. The second-order valence-electron chi connectivity index (χ2n) is 6.63. The Morgan fingerprint density at radius 3 is 2.81 bits per heavy atom. The molecule has 4 rings (SSSR count). The van der Waals surface area contributed by atoms with Crippen LogP contribution >= 0.6 is 23.1 Å². The average Bonchev–Trinajstić information content (AvgIpc) is 3.34. The van der Waals surface area contributed by atoms with Crippen LogP contribution in [0.25, 0.3) is 21.9 Å². The first-order chi connectivity index (χ1) is 14.9. The van der Waals surface area contributed by atoms with Crippen molar-refractivity contribution in [2.75, 3.05) is 0 Å². The molecule has 2 heterocycles. The van der Waals surface area contributed by atoms with Crippen LogP contribution in [0.2, 0.25) is 0 Å². The van der Waals surface area contributed by atoms with E-state index in [4.69, 9.17) is 0 Å². The lowest BCUT2D eigenvalue weighted by Crippen LogP contribution is -1.97. The van der Waals surface area contributed by atoms with Gasteiger partial charge in [0.2, 0.25) is 0 Å². The molecule has 0 saturated heterocycles. The number of benzene rings is 2. The van der Waals surface area contributed by atoms with Crippen LogP contribution in [0, 0.1) is 10.1 Å². The molecular weight excluding hydrogens is 436 g/mol. The van der Waals surface area contributed by atoms with Crippen LogP contribution in [0.1, 0.15) is 17.0 Å². The molecule has 31 heavy (non-hydrogen) atoms. The van der Waals surface area contributed by atoms with Gasteiger partial charge in [-0.25, -0.2) is 9.97 Å². The highest BCUT2D eigenvalue weighted by atomic mass is 32.2. The van der Waals surface area contributed by atoms with E-state index in [0.29, 0.717) is 26.2 Å². The molecule has 0 spiro atoms. The molecule has 0 aliphatic rings. The zero-order valence-corrected chi connectivity index (χ0v) is 17.9. The van der Waals surface area contributed by atoms with E-state index < -0.39 is 10.9 Å². The van der Waals surface area contributed by atoms with Gasteiger partial charge in [-0.3, -0.25) is 14.9 Å². The Bertz CT molecular complexity index is 1290. The van der Waals surface area contributed by atoms with Crippen molar-refractivity contribution < 1.29 is 14.8 Å². The molecule has 0 amide bonds. The van der Waals surface area contributed by atoms with Gasteiger partial charge in [0.1, 0.15) is 5.01 Å². The van der Waals surface area contributed by atoms with E-state index in [-0.39, 0.29) is 12.1 Å². The summed E-state index contributed by atoms with van der Waals surface area (Å²) in [7, 11) is 1.81.